The van der Waals surface area contributed by atoms with Gasteiger partial charge in [-0.25, -0.2) is 0 Å². The van der Waals surface area contributed by atoms with Gasteiger partial charge in [0.05, 0.1) is 6.04 Å². The molecule has 0 saturated heterocycles. The molecule has 2 atom stereocenters. The van der Waals surface area contributed by atoms with Crippen molar-refractivity contribution in [1.82, 2.24) is 5.32 Å². The first-order valence-corrected chi connectivity index (χ1v) is 6.30. The quantitative estimate of drug-likeness (QED) is 0.735. The Hall–Kier alpha value is -1.39. The summed E-state index contributed by atoms with van der Waals surface area (Å²) in [5, 5.41) is 2.73. The fourth-order valence-electron chi connectivity index (χ4n) is 1.62. The van der Waals surface area contributed by atoms with Crippen LogP contribution in [0.3, 0.4) is 0 Å². The van der Waals surface area contributed by atoms with Gasteiger partial charge in [0, 0.05) is 12.6 Å². The number of carbonyl (C=O) groups excluding carboxylic acids is 1. The monoisotopic (exact) mass is 249 g/mol. The summed E-state index contributed by atoms with van der Waals surface area (Å²) in [6, 6.07) is 7.48. The summed E-state index contributed by atoms with van der Waals surface area (Å²) in [5.41, 5.74) is 13.8. The third-order valence-corrected chi connectivity index (χ3v) is 2.94. The van der Waals surface area contributed by atoms with Crippen molar-refractivity contribution in [3.05, 3.63) is 35.4 Å². The van der Waals surface area contributed by atoms with E-state index in [9.17, 15) is 4.79 Å². The Labute approximate surface area is 109 Å². The van der Waals surface area contributed by atoms with Crippen LogP contribution in [0.25, 0.3) is 0 Å². The molecule has 0 aliphatic rings. The molecule has 5 N–H and O–H groups in total. The summed E-state index contributed by atoms with van der Waals surface area (Å²) in [6.07, 6.45) is 0. The van der Waals surface area contributed by atoms with Crippen LogP contribution in [0.5, 0.6) is 0 Å². The zero-order chi connectivity index (χ0) is 13.7. The summed E-state index contributed by atoms with van der Waals surface area (Å²) >= 11 is 0. The highest BCUT2D eigenvalue weighted by Gasteiger charge is 2.11. The number of nitrogens with one attached hydrogen (secondary N) is 1. The Morgan fingerprint density at radius 3 is 2.06 bits per heavy atom. The normalized spacial score (nSPS) is 14.3. The Morgan fingerprint density at radius 2 is 1.61 bits per heavy atom. The second kappa shape index (κ2) is 6.52. The maximum Gasteiger partial charge on any atom is 0.236 e. The Bertz CT molecular complexity index is 385. The summed E-state index contributed by atoms with van der Waals surface area (Å²) in [7, 11) is 0. The summed E-state index contributed by atoms with van der Waals surface area (Å²) in [6.45, 7) is 6.36. The number of rotatable bonds is 5. The van der Waals surface area contributed by atoms with E-state index >= 15 is 0 Å². The molecule has 4 nitrogen and oxygen atoms in total. The standard InChI is InChI=1S/C14H23N3O/c1-9(2)11-4-6-12(7-5-11)13(16)8-17-14(18)10(3)15/h4-7,9-10,13H,8,15-16H2,1-3H3,(H,17,18)/t10-,13?/m0/s1. The zero-order valence-electron chi connectivity index (χ0n) is 11.3. The molecular formula is C14H23N3O. The van der Waals surface area contributed by atoms with Gasteiger partial charge in [0.2, 0.25) is 5.91 Å². The van der Waals surface area contributed by atoms with Crippen molar-refractivity contribution in [3.63, 3.8) is 0 Å². The highest BCUT2D eigenvalue weighted by atomic mass is 16.2. The average Bonchev–Trinajstić information content (AvgIpc) is 2.35. The van der Waals surface area contributed by atoms with Gasteiger partial charge in [-0.2, -0.15) is 0 Å². The van der Waals surface area contributed by atoms with Crippen molar-refractivity contribution < 1.29 is 4.79 Å². The van der Waals surface area contributed by atoms with Gasteiger partial charge < -0.3 is 16.8 Å². The van der Waals surface area contributed by atoms with Crippen LogP contribution in [-0.2, 0) is 4.79 Å². The number of carbonyl (C=O) groups is 1. The molecule has 0 fully saturated rings. The summed E-state index contributed by atoms with van der Waals surface area (Å²) < 4.78 is 0. The maximum atomic E-state index is 11.3. The van der Waals surface area contributed by atoms with E-state index in [0.717, 1.165) is 5.56 Å². The van der Waals surface area contributed by atoms with E-state index in [-0.39, 0.29) is 11.9 Å². The second-order valence-corrected chi connectivity index (χ2v) is 4.96. The third kappa shape index (κ3) is 4.13. The number of nitrogens with two attached hydrogens (primary N) is 2. The SMILES string of the molecule is CC(C)c1ccc(C(N)CNC(=O)[C@H](C)N)cc1. The van der Waals surface area contributed by atoms with Gasteiger partial charge in [-0.3, -0.25) is 4.79 Å². The lowest BCUT2D eigenvalue weighted by atomic mass is 9.99. The summed E-state index contributed by atoms with van der Waals surface area (Å²) in [4.78, 5) is 11.3. The van der Waals surface area contributed by atoms with Crippen molar-refractivity contribution in [2.75, 3.05) is 6.54 Å². The van der Waals surface area contributed by atoms with Crippen molar-refractivity contribution in [3.8, 4) is 0 Å². The molecule has 0 radical (unpaired) electrons. The molecule has 1 unspecified atom stereocenters. The number of hydrogen-bond donors (Lipinski definition) is 3. The molecule has 100 valence electrons. The van der Waals surface area contributed by atoms with Crippen LogP contribution >= 0.6 is 0 Å². The van der Waals surface area contributed by atoms with E-state index in [4.69, 9.17) is 11.5 Å². The van der Waals surface area contributed by atoms with E-state index in [1.807, 2.05) is 12.1 Å². The molecule has 0 bridgehead atoms. The van der Waals surface area contributed by atoms with Gasteiger partial charge in [-0.15, -0.1) is 0 Å². The molecule has 0 spiro atoms. The van der Waals surface area contributed by atoms with Gasteiger partial charge in [0.1, 0.15) is 0 Å². The highest BCUT2D eigenvalue weighted by molar-refractivity contribution is 5.80. The fraction of sp³-hybridized carbons (Fsp3) is 0.500. The zero-order valence-corrected chi connectivity index (χ0v) is 11.3. The first kappa shape index (κ1) is 14.7. The summed E-state index contributed by atoms with van der Waals surface area (Å²) in [5.74, 6) is 0.331. The third-order valence-electron chi connectivity index (χ3n) is 2.94. The number of amides is 1. The number of benzene rings is 1. The van der Waals surface area contributed by atoms with Crippen molar-refractivity contribution in [2.45, 2.75) is 38.8 Å². The molecule has 1 aromatic carbocycles. The molecule has 18 heavy (non-hydrogen) atoms. The van der Waals surface area contributed by atoms with Gasteiger partial charge in [0.25, 0.3) is 0 Å². The van der Waals surface area contributed by atoms with Crippen molar-refractivity contribution in [2.24, 2.45) is 11.5 Å². The van der Waals surface area contributed by atoms with E-state index in [1.54, 1.807) is 6.92 Å². The molecule has 1 rings (SSSR count). The molecule has 1 amide bonds. The highest BCUT2D eigenvalue weighted by Crippen LogP contribution is 2.17. The van der Waals surface area contributed by atoms with Crippen molar-refractivity contribution >= 4 is 5.91 Å². The van der Waals surface area contributed by atoms with E-state index in [0.29, 0.717) is 12.5 Å². The van der Waals surface area contributed by atoms with E-state index in [1.165, 1.54) is 5.56 Å². The predicted octanol–water partition coefficient (Wildman–Crippen LogP) is 1.27. The Balaban J connectivity index is 2.56. The molecule has 1 aromatic rings. The van der Waals surface area contributed by atoms with Crippen LogP contribution in [0, 0.1) is 0 Å². The Morgan fingerprint density at radius 1 is 1.11 bits per heavy atom. The predicted molar refractivity (Wildman–Crippen MR) is 74.1 cm³/mol. The van der Waals surface area contributed by atoms with Crippen molar-refractivity contribution in [1.29, 1.82) is 0 Å². The molecule has 0 aromatic heterocycles. The topological polar surface area (TPSA) is 81.1 Å². The minimum absolute atomic E-state index is 0.177. The maximum absolute atomic E-state index is 11.3. The van der Waals surface area contributed by atoms with Crippen LogP contribution < -0.4 is 16.8 Å². The van der Waals surface area contributed by atoms with Crippen LogP contribution in [-0.4, -0.2) is 18.5 Å². The van der Waals surface area contributed by atoms with Gasteiger partial charge in [-0.1, -0.05) is 38.1 Å². The lowest BCUT2D eigenvalue weighted by Gasteiger charge is -2.15. The fourth-order valence-corrected chi connectivity index (χ4v) is 1.62. The van der Waals surface area contributed by atoms with Gasteiger partial charge in [-0.05, 0) is 24.0 Å². The Kier molecular flexibility index (Phi) is 5.31. The minimum Gasteiger partial charge on any atom is -0.353 e. The lowest BCUT2D eigenvalue weighted by Crippen LogP contribution is -2.41. The van der Waals surface area contributed by atoms with Crippen LogP contribution in [0.1, 0.15) is 43.9 Å². The first-order chi connectivity index (χ1) is 8.41. The van der Waals surface area contributed by atoms with Crippen LogP contribution in [0.4, 0.5) is 0 Å². The molecular weight excluding hydrogens is 226 g/mol. The van der Waals surface area contributed by atoms with E-state index in [2.05, 4.69) is 31.3 Å². The first-order valence-electron chi connectivity index (χ1n) is 6.30. The largest absolute Gasteiger partial charge is 0.353 e. The molecule has 4 heteroatoms. The molecule has 0 heterocycles. The smallest absolute Gasteiger partial charge is 0.236 e. The molecule has 0 aliphatic carbocycles. The minimum atomic E-state index is -0.500. The average molecular weight is 249 g/mol. The molecule has 0 saturated carbocycles. The van der Waals surface area contributed by atoms with Crippen LogP contribution in [0.2, 0.25) is 0 Å². The van der Waals surface area contributed by atoms with Gasteiger partial charge >= 0.3 is 0 Å². The van der Waals surface area contributed by atoms with E-state index < -0.39 is 6.04 Å². The second-order valence-electron chi connectivity index (χ2n) is 4.96. The van der Waals surface area contributed by atoms with Crippen LogP contribution in [0.15, 0.2) is 24.3 Å². The van der Waals surface area contributed by atoms with Gasteiger partial charge in [0.15, 0.2) is 0 Å². The lowest BCUT2D eigenvalue weighted by molar-refractivity contribution is -0.122. The molecule has 0 aliphatic heterocycles. The number of hydrogen-bond acceptors (Lipinski definition) is 3.